The van der Waals surface area contributed by atoms with Crippen molar-refractivity contribution in [1.29, 1.82) is 0 Å². The molecule has 2 N–H and O–H groups in total. The number of nitrogens with zero attached hydrogens (tertiary/aromatic N) is 2. The van der Waals surface area contributed by atoms with E-state index in [2.05, 4.69) is 39.7 Å². The van der Waals surface area contributed by atoms with Gasteiger partial charge in [0.2, 0.25) is 0 Å². The van der Waals surface area contributed by atoms with E-state index in [-0.39, 0.29) is 12.1 Å². The smallest absolute Gasteiger partial charge is 0.315 e. The molecule has 0 spiro atoms. The SMILES string of the molecule is CCN(CC)Cc1csc(CNC(=O)NC2CCOCC2)n1. The van der Waals surface area contributed by atoms with E-state index in [4.69, 9.17) is 4.74 Å². The van der Waals surface area contributed by atoms with Gasteiger partial charge in [-0.15, -0.1) is 11.3 Å². The summed E-state index contributed by atoms with van der Waals surface area (Å²) in [4.78, 5) is 18.8. The lowest BCUT2D eigenvalue weighted by molar-refractivity contribution is 0.0801. The number of thiazole rings is 1. The van der Waals surface area contributed by atoms with Crippen LogP contribution >= 0.6 is 11.3 Å². The fourth-order valence-corrected chi connectivity index (χ4v) is 3.14. The number of hydrogen-bond donors (Lipinski definition) is 2. The van der Waals surface area contributed by atoms with Gasteiger partial charge in [-0.25, -0.2) is 9.78 Å². The van der Waals surface area contributed by atoms with Crippen LogP contribution < -0.4 is 10.6 Å². The largest absolute Gasteiger partial charge is 0.381 e. The van der Waals surface area contributed by atoms with Gasteiger partial charge in [0.1, 0.15) is 5.01 Å². The van der Waals surface area contributed by atoms with Gasteiger partial charge in [0.05, 0.1) is 12.2 Å². The molecule has 0 atom stereocenters. The first-order valence-corrected chi connectivity index (χ1v) is 8.87. The highest BCUT2D eigenvalue weighted by atomic mass is 32.1. The quantitative estimate of drug-likeness (QED) is 0.804. The minimum absolute atomic E-state index is 0.118. The Kier molecular flexibility index (Phi) is 7.08. The number of urea groups is 1. The van der Waals surface area contributed by atoms with Gasteiger partial charge >= 0.3 is 6.03 Å². The maximum atomic E-state index is 11.9. The van der Waals surface area contributed by atoms with Crippen molar-refractivity contribution in [1.82, 2.24) is 20.5 Å². The second-order valence-electron chi connectivity index (χ2n) is 5.41. The molecule has 1 fully saturated rings. The summed E-state index contributed by atoms with van der Waals surface area (Å²) in [5.74, 6) is 0. The van der Waals surface area contributed by atoms with Crippen molar-refractivity contribution in [2.45, 2.75) is 45.8 Å². The molecular weight excluding hydrogens is 300 g/mol. The first-order chi connectivity index (χ1) is 10.7. The van der Waals surface area contributed by atoms with Crippen molar-refractivity contribution >= 4 is 17.4 Å². The Labute approximate surface area is 136 Å². The highest BCUT2D eigenvalue weighted by Gasteiger charge is 2.16. The third-order valence-corrected chi connectivity index (χ3v) is 4.73. The summed E-state index contributed by atoms with van der Waals surface area (Å²) in [7, 11) is 0. The molecule has 1 aliphatic heterocycles. The van der Waals surface area contributed by atoms with Crippen LogP contribution in [0, 0.1) is 0 Å². The van der Waals surface area contributed by atoms with Crippen LogP contribution in [-0.4, -0.2) is 48.3 Å². The van der Waals surface area contributed by atoms with E-state index in [1.54, 1.807) is 11.3 Å². The Morgan fingerprint density at radius 3 is 2.82 bits per heavy atom. The molecule has 0 unspecified atom stereocenters. The summed E-state index contributed by atoms with van der Waals surface area (Å²) in [6.45, 7) is 9.16. The van der Waals surface area contributed by atoms with Gasteiger partial charge in [-0.05, 0) is 25.9 Å². The first-order valence-electron chi connectivity index (χ1n) is 7.99. The van der Waals surface area contributed by atoms with E-state index in [1.807, 2.05) is 0 Å². The fourth-order valence-electron chi connectivity index (χ4n) is 2.41. The molecule has 1 aliphatic rings. The van der Waals surface area contributed by atoms with Gasteiger partial charge in [0.15, 0.2) is 0 Å². The highest BCUT2D eigenvalue weighted by Crippen LogP contribution is 2.12. The second kappa shape index (κ2) is 9.07. The van der Waals surface area contributed by atoms with Crippen LogP contribution in [0.2, 0.25) is 0 Å². The normalized spacial score (nSPS) is 16.0. The van der Waals surface area contributed by atoms with Crippen LogP contribution in [-0.2, 0) is 17.8 Å². The molecule has 22 heavy (non-hydrogen) atoms. The van der Waals surface area contributed by atoms with Crippen LogP contribution in [0.15, 0.2) is 5.38 Å². The van der Waals surface area contributed by atoms with E-state index < -0.39 is 0 Å². The summed E-state index contributed by atoms with van der Waals surface area (Å²) in [6, 6.07) is 0.107. The minimum Gasteiger partial charge on any atom is -0.381 e. The molecule has 2 rings (SSSR count). The molecule has 0 aliphatic carbocycles. The Bertz CT molecular complexity index is 456. The molecular formula is C15H26N4O2S. The van der Waals surface area contributed by atoms with Crippen molar-refractivity contribution in [3.63, 3.8) is 0 Å². The van der Waals surface area contributed by atoms with E-state index in [0.717, 1.165) is 56.4 Å². The van der Waals surface area contributed by atoms with Gasteiger partial charge in [0, 0.05) is 31.2 Å². The van der Waals surface area contributed by atoms with Crippen LogP contribution in [0.3, 0.4) is 0 Å². The molecule has 0 saturated carbocycles. The molecule has 2 heterocycles. The standard InChI is InChI=1S/C15H26N4O2S/c1-3-19(4-2)10-13-11-22-14(17-13)9-16-15(20)18-12-5-7-21-8-6-12/h11-12H,3-10H2,1-2H3,(H2,16,18,20). The summed E-state index contributed by atoms with van der Waals surface area (Å²) in [6.07, 6.45) is 1.78. The Morgan fingerprint density at radius 1 is 1.41 bits per heavy atom. The van der Waals surface area contributed by atoms with E-state index in [9.17, 15) is 4.79 Å². The van der Waals surface area contributed by atoms with Crippen LogP contribution in [0.5, 0.6) is 0 Å². The average Bonchev–Trinajstić information content (AvgIpc) is 2.99. The Hall–Kier alpha value is -1.18. The van der Waals surface area contributed by atoms with Crippen LogP contribution in [0.25, 0.3) is 0 Å². The maximum Gasteiger partial charge on any atom is 0.315 e. The second-order valence-corrected chi connectivity index (χ2v) is 6.35. The number of aromatic nitrogens is 1. The zero-order valence-corrected chi connectivity index (χ0v) is 14.2. The van der Waals surface area contributed by atoms with Crippen LogP contribution in [0.4, 0.5) is 4.79 Å². The zero-order valence-electron chi connectivity index (χ0n) is 13.4. The molecule has 7 heteroatoms. The van der Waals surface area contributed by atoms with Crippen molar-refractivity contribution in [3.8, 4) is 0 Å². The predicted octanol–water partition coefficient (Wildman–Crippen LogP) is 1.96. The molecule has 0 aromatic carbocycles. The van der Waals surface area contributed by atoms with Crippen LogP contribution in [0.1, 0.15) is 37.4 Å². The molecule has 1 aromatic rings. The number of ether oxygens (including phenoxy) is 1. The monoisotopic (exact) mass is 326 g/mol. The van der Waals surface area contributed by atoms with E-state index >= 15 is 0 Å². The lowest BCUT2D eigenvalue weighted by Gasteiger charge is -2.23. The summed E-state index contributed by atoms with van der Waals surface area (Å²) >= 11 is 1.60. The molecule has 2 amide bonds. The molecule has 1 aromatic heterocycles. The number of amides is 2. The third kappa shape index (κ3) is 5.55. The fraction of sp³-hybridized carbons (Fsp3) is 0.733. The number of carbonyl (C=O) groups excluding carboxylic acids is 1. The first kappa shape index (κ1) is 17.2. The van der Waals surface area contributed by atoms with Gasteiger partial charge in [-0.2, -0.15) is 0 Å². The lowest BCUT2D eigenvalue weighted by Crippen LogP contribution is -2.44. The van der Waals surface area contributed by atoms with Crippen molar-refractivity contribution in [2.75, 3.05) is 26.3 Å². The topological polar surface area (TPSA) is 66.5 Å². The third-order valence-electron chi connectivity index (χ3n) is 3.84. The predicted molar refractivity (Wildman–Crippen MR) is 88.0 cm³/mol. The van der Waals surface area contributed by atoms with Gasteiger partial charge in [0.25, 0.3) is 0 Å². The number of carbonyl (C=O) groups is 1. The van der Waals surface area contributed by atoms with Crippen molar-refractivity contribution in [2.24, 2.45) is 0 Å². The highest BCUT2D eigenvalue weighted by molar-refractivity contribution is 7.09. The summed E-state index contributed by atoms with van der Waals surface area (Å²) < 4.78 is 5.28. The molecule has 1 saturated heterocycles. The van der Waals surface area contributed by atoms with Gasteiger partial charge in [-0.3, -0.25) is 4.90 Å². The van der Waals surface area contributed by atoms with E-state index in [1.165, 1.54) is 0 Å². The molecule has 0 bridgehead atoms. The maximum absolute atomic E-state index is 11.9. The summed E-state index contributed by atoms with van der Waals surface area (Å²) in [5, 5.41) is 8.89. The summed E-state index contributed by atoms with van der Waals surface area (Å²) in [5.41, 5.74) is 1.08. The molecule has 124 valence electrons. The van der Waals surface area contributed by atoms with Gasteiger partial charge in [-0.1, -0.05) is 13.8 Å². The lowest BCUT2D eigenvalue weighted by atomic mass is 10.1. The van der Waals surface area contributed by atoms with Crippen molar-refractivity contribution in [3.05, 3.63) is 16.1 Å². The van der Waals surface area contributed by atoms with Crippen molar-refractivity contribution < 1.29 is 9.53 Å². The number of rotatable bonds is 7. The minimum atomic E-state index is -0.118. The Balaban J connectivity index is 1.72. The van der Waals surface area contributed by atoms with E-state index in [0.29, 0.717) is 6.54 Å². The average molecular weight is 326 g/mol. The molecule has 6 nitrogen and oxygen atoms in total. The zero-order chi connectivity index (χ0) is 15.8. The number of nitrogens with one attached hydrogen (secondary N) is 2. The Morgan fingerprint density at radius 2 is 2.14 bits per heavy atom. The number of hydrogen-bond acceptors (Lipinski definition) is 5. The van der Waals surface area contributed by atoms with Gasteiger partial charge < -0.3 is 15.4 Å². The molecule has 0 radical (unpaired) electrons.